The number of thiazole rings is 1. The first-order chi connectivity index (χ1) is 10.3. The van der Waals surface area contributed by atoms with Crippen molar-refractivity contribution in [3.05, 3.63) is 59.4 Å². The molecule has 1 amide bonds. The molecule has 0 unspecified atom stereocenters. The summed E-state index contributed by atoms with van der Waals surface area (Å²) in [5, 5.41) is 4.78. The van der Waals surface area contributed by atoms with Crippen molar-refractivity contribution in [2.24, 2.45) is 0 Å². The lowest BCUT2D eigenvalue weighted by Crippen LogP contribution is -2.27. The van der Waals surface area contributed by atoms with E-state index in [1.54, 1.807) is 11.3 Å². The molecule has 0 aliphatic rings. The van der Waals surface area contributed by atoms with Crippen LogP contribution in [-0.4, -0.2) is 21.9 Å². The smallest absolute Gasteiger partial charge is 0.246 e. The largest absolute Gasteiger partial charge is 0.367 e. The summed E-state index contributed by atoms with van der Waals surface area (Å²) >= 11 is 1.57. The zero-order valence-electron chi connectivity index (χ0n) is 11.4. The molecule has 0 bridgehead atoms. The minimum absolute atomic E-state index is 0.0527. The van der Waals surface area contributed by atoms with Crippen LogP contribution in [-0.2, 0) is 22.7 Å². The molecule has 6 heteroatoms. The molecule has 3 aromatic rings. The lowest BCUT2D eigenvalue weighted by atomic mass is 10.2. The maximum atomic E-state index is 11.7. The van der Waals surface area contributed by atoms with Crippen LogP contribution in [0, 0.1) is 0 Å². The number of amides is 1. The summed E-state index contributed by atoms with van der Waals surface area (Å²) in [6, 6.07) is 9.78. The molecule has 108 valence electrons. The predicted molar refractivity (Wildman–Crippen MR) is 81.0 cm³/mol. The third kappa shape index (κ3) is 3.68. The van der Waals surface area contributed by atoms with E-state index in [-0.39, 0.29) is 12.5 Å². The zero-order valence-corrected chi connectivity index (χ0v) is 12.2. The molecule has 0 saturated carbocycles. The van der Waals surface area contributed by atoms with Gasteiger partial charge in [0.1, 0.15) is 6.61 Å². The Morgan fingerprint density at radius 1 is 1.33 bits per heavy atom. The number of hydrogen-bond acceptors (Lipinski definition) is 4. The molecule has 5 nitrogen and oxygen atoms in total. The van der Waals surface area contributed by atoms with Gasteiger partial charge in [0.25, 0.3) is 0 Å². The lowest BCUT2D eigenvalue weighted by Gasteiger charge is -2.05. The summed E-state index contributed by atoms with van der Waals surface area (Å²) in [6.45, 7) is 0.910. The Labute approximate surface area is 126 Å². The molecular formula is C15H15N3O2S. The third-order valence-corrected chi connectivity index (χ3v) is 3.73. The summed E-state index contributed by atoms with van der Waals surface area (Å²) in [5.74, 6) is -0.137. The molecule has 0 saturated heterocycles. The first-order valence-corrected chi connectivity index (χ1v) is 7.49. The third-order valence-electron chi connectivity index (χ3n) is 2.95. The number of nitrogens with one attached hydrogen (secondary N) is 1. The van der Waals surface area contributed by atoms with Gasteiger partial charge in [0.15, 0.2) is 4.96 Å². The summed E-state index contributed by atoms with van der Waals surface area (Å²) in [7, 11) is 0. The zero-order chi connectivity index (χ0) is 14.5. The van der Waals surface area contributed by atoms with E-state index in [0.29, 0.717) is 13.2 Å². The van der Waals surface area contributed by atoms with Gasteiger partial charge in [0, 0.05) is 17.8 Å². The number of nitrogens with zero attached hydrogens (tertiary/aromatic N) is 2. The van der Waals surface area contributed by atoms with Crippen LogP contribution < -0.4 is 5.32 Å². The number of fused-ring (bicyclic) bond motifs is 1. The summed E-state index contributed by atoms with van der Waals surface area (Å²) in [5.41, 5.74) is 1.90. The number of carbonyl (C=O) groups excluding carboxylic acids is 1. The second-order valence-electron chi connectivity index (χ2n) is 4.58. The van der Waals surface area contributed by atoms with Crippen molar-refractivity contribution in [3.8, 4) is 0 Å². The number of benzene rings is 1. The normalized spacial score (nSPS) is 10.9. The minimum Gasteiger partial charge on any atom is -0.367 e. The van der Waals surface area contributed by atoms with Crippen molar-refractivity contribution in [2.75, 3.05) is 6.61 Å². The van der Waals surface area contributed by atoms with Gasteiger partial charge in [-0.3, -0.25) is 9.20 Å². The Hall–Kier alpha value is -2.18. The Kier molecular flexibility index (Phi) is 4.28. The van der Waals surface area contributed by atoms with Crippen LogP contribution in [0.2, 0.25) is 0 Å². The van der Waals surface area contributed by atoms with Crippen LogP contribution in [0.1, 0.15) is 11.3 Å². The molecule has 0 radical (unpaired) electrons. The Morgan fingerprint density at radius 3 is 3.00 bits per heavy atom. The van der Waals surface area contributed by atoms with Crippen LogP contribution in [0.3, 0.4) is 0 Å². The molecule has 3 rings (SSSR count). The van der Waals surface area contributed by atoms with Crippen molar-refractivity contribution >= 4 is 22.2 Å². The van der Waals surface area contributed by atoms with E-state index in [9.17, 15) is 4.79 Å². The number of carbonyl (C=O) groups is 1. The van der Waals surface area contributed by atoms with Gasteiger partial charge in [-0.1, -0.05) is 30.3 Å². The maximum Gasteiger partial charge on any atom is 0.246 e. The van der Waals surface area contributed by atoms with E-state index in [0.717, 1.165) is 16.2 Å². The highest BCUT2D eigenvalue weighted by Crippen LogP contribution is 2.10. The second-order valence-corrected chi connectivity index (χ2v) is 5.45. The molecule has 1 aromatic carbocycles. The molecule has 0 fully saturated rings. The molecule has 2 aromatic heterocycles. The van der Waals surface area contributed by atoms with Gasteiger partial charge in [-0.25, -0.2) is 4.98 Å². The molecule has 0 aliphatic carbocycles. The topological polar surface area (TPSA) is 55.6 Å². The number of rotatable bonds is 6. The maximum absolute atomic E-state index is 11.7. The molecule has 0 atom stereocenters. The Bertz CT molecular complexity index is 692. The fraction of sp³-hybridized carbons (Fsp3) is 0.200. The standard InChI is InChI=1S/C15H15N3O2S/c19-14(11-20-10-12-4-2-1-3-5-12)16-8-13-9-18-6-7-21-15(18)17-13/h1-7,9H,8,10-11H2,(H,16,19). The number of hydrogen-bond donors (Lipinski definition) is 1. The fourth-order valence-electron chi connectivity index (χ4n) is 1.94. The second kappa shape index (κ2) is 6.51. The number of aromatic nitrogens is 2. The highest BCUT2D eigenvalue weighted by Gasteiger charge is 2.05. The van der Waals surface area contributed by atoms with Crippen molar-refractivity contribution < 1.29 is 9.53 Å². The van der Waals surface area contributed by atoms with Gasteiger partial charge in [-0.15, -0.1) is 11.3 Å². The first-order valence-electron chi connectivity index (χ1n) is 6.61. The van der Waals surface area contributed by atoms with Crippen LogP contribution >= 0.6 is 11.3 Å². The fourth-order valence-corrected chi connectivity index (χ4v) is 2.66. The van der Waals surface area contributed by atoms with E-state index in [2.05, 4.69) is 10.3 Å². The average molecular weight is 301 g/mol. The molecular weight excluding hydrogens is 286 g/mol. The minimum atomic E-state index is -0.137. The van der Waals surface area contributed by atoms with Crippen LogP contribution in [0.15, 0.2) is 48.1 Å². The predicted octanol–water partition coefficient (Wildman–Crippen LogP) is 2.23. The quantitative estimate of drug-likeness (QED) is 0.759. The van der Waals surface area contributed by atoms with Crippen LogP contribution in [0.4, 0.5) is 0 Å². The SMILES string of the molecule is O=C(COCc1ccccc1)NCc1cn2ccsc2n1. The van der Waals surface area contributed by atoms with Gasteiger partial charge in [-0.05, 0) is 5.56 Å². The highest BCUT2D eigenvalue weighted by atomic mass is 32.1. The van der Waals surface area contributed by atoms with Gasteiger partial charge in [0.05, 0.1) is 18.8 Å². The van der Waals surface area contributed by atoms with E-state index in [1.165, 1.54) is 0 Å². The van der Waals surface area contributed by atoms with Crippen molar-refractivity contribution in [2.45, 2.75) is 13.2 Å². The molecule has 2 heterocycles. The van der Waals surface area contributed by atoms with Gasteiger partial charge in [-0.2, -0.15) is 0 Å². The summed E-state index contributed by atoms with van der Waals surface area (Å²) in [6.07, 6.45) is 3.86. The highest BCUT2D eigenvalue weighted by molar-refractivity contribution is 7.15. The molecule has 0 spiro atoms. The van der Waals surface area contributed by atoms with E-state index in [4.69, 9.17) is 4.74 Å². The van der Waals surface area contributed by atoms with Crippen LogP contribution in [0.5, 0.6) is 0 Å². The summed E-state index contributed by atoms with van der Waals surface area (Å²) < 4.78 is 7.32. The monoisotopic (exact) mass is 301 g/mol. The lowest BCUT2D eigenvalue weighted by molar-refractivity contribution is -0.126. The Morgan fingerprint density at radius 2 is 2.19 bits per heavy atom. The molecule has 1 N–H and O–H groups in total. The van der Waals surface area contributed by atoms with Crippen molar-refractivity contribution in [1.29, 1.82) is 0 Å². The van der Waals surface area contributed by atoms with Gasteiger partial charge < -0.3 is 10.1 Å². The summed E-state index contributed by atoms with van der Waals surface area (Å²) in [4.78, 5) is 17.0. The number of imidazole rings is 1. The van der Waals surface area contributed by atoms with Crippen LogP contribution in [0.25, 0.3) is 4.96 Å². The van der Waals surface area contributed by atoms with Crippen molar-refractivity contribution in [1.82, 2.24) is 14.7 Å². The average Bonchev–Trinajstić information content (AvgIpc) is 3.07. The van der Waals surface area contributed by atoms with E-state index in [1.807, 2.05) is 52.5 Å². The molecule has 21 heavy (non-hydrogen) atoms. The molecule has 0 aliphatic heterocycles. The van der Waals surface area contributed by atoms with Crippen molar-refractivity contribution in [3.63, 3.8) is 0 Å². The Balaban J connectivity index is 1.41. The first kappa shape index (κ1) is 13.8. The number of ether oxygens (including phenoxy) is 1. The van der Waals surface area contributed by atoms with Gasteiger partial charge in [0.2, 0.25) is 5.91 Å². The van der Waals surface area contributed by atoms with Gasteiger partial charge >= 0.3 is 0 Å². The van der Waals surface area contributed by atoms with E-state index >= 15 is 0 Å². The van der Waals surface area contributed by atoms with E-state index < -0.39 is 0 Å².